The second-order valence-electron chi connectivity index (χ2n) is 4.59. The summed E-state index contributed by atoms with van der Waals surface area (Å²) in [5.41, 5.74) is 1.12. The van der Waals surface area contributed by atoms with Crippen molar-refractivity contribution in [2.45, 2.75) is 13.0 Å². The number of hydrogen-bond acceptors (Lipinski definition) is 4. The molecule has 0 saturated heterocycles. The fraction of sp³-hybridized carbons (Fsp3) is 0.188. The molecule has 0 spiro atoms. The van der Waals surface area contributed by atoms with Gasteiger partial charge in [0.1, 0.15) is 0 Å². The van der Waals surface area contributed by atoms with Crippen LogP contribution in [0.3, 0.4) is 0 Å². The summed E-state index contributed by atoms with van der Waals surface area (Å²) < 4.78 is 6.67. The summed E-state index contributed by atoms with van der Waals surface area (Å²) in [5.74, 6) is -0.966. The molecule has 1 amide bonds. The van der Waals surface area contributed by atoms with Gasteiger partial charge >= 0.3 is 5.97 Å². The van der Waals surface area contributed by atoms with Crippen LogP contribution in [0.25, 0.3) is 5.69 Å². The van der Waals surface area contributed by atoms with Crippen molar-refractivity contribution in [2.75, 3.05) is 6.54 Å². The van der Waals surface area contributed by atoms with Gasteiger partial charge in [0.05, 0.1) is 17.4 Å². The minimum absolute atomic E-state index is 0.284. The Morgan fingerprint density at radius 3 is 2.82 bits per heavy atom. The second kappa shape index (κ2) is 7.21. The first-order chi connectivity index (χ1) is 10.6. The largest absolute Gasteiger partial charge is 0.449 e. The highest BCUT2D eigenvalue weighted by Crippen LogP contribution is 2.09. The molecule has 0 aliphatic carbocycles. The minimum Gasteiger partial charge on any atom is -0.449 e. The van der Waals surface area contributed by atoms with Crippen LogP contribution in [0, 0.1) is 0 Å². The van der Waals surface area contributed by atoms with Crippen molar-refractivity contribution in [3.05, 3.63) is 60.9 Å². The van der Waals surface area contributed by atoms with E-state index in [9.17, 15) is 9.59 Å². The van der Waals surface area contributed by atoms with Crippen LogP contribution in [0.2, 0.25) is 0 Å². The predicted octanol–water partition coefficient (Wildman–Crippen LogP) is 1.72. The average Bonchev–Trinajstić information content (AvgIpc) is 3.03. The van der Waals surface area contributed by atoms with E-state index in [1.165, 1.54) is 13.1 Å². The molecule has 1 N–H and O–H groups in total. The van der Waals surface area contributed by atoms with Gasteiger partial charge in [-0.1, -0.05) is 24.3 Å². The lowest BCUT2D eigenvalue weighted by atomic mass is 10.3. The highest BCUT2D eigenvalue weighted by atomic mass is 16.5. The van der Waals surface area contributed by atoms with Gasteiger partial charge in [-0.15, -0.1) is 6.58 Å². The summed E-state index contributed by atoms with van der Waals surface area (Å²) >= 11 is 0. The molecule has 1 unspecified atom stereocenters. The van der Waals surface area contributed by atoms with E-state index in [1.807, 2.05) is 30.3 Å². The zero-order chi connectivity index (χ0) is 15.9. The quantitative estimate of drug-likeness (QED) is 0.651. The number of rotatable bonds is 6. The van der Waals surface area contributed by atoms with Gasteiger partial charge in [-0.25, -0.2) is 9.48 Å². The number of para-hydroxylation sites is 1. The Kier molecular flexibility index (Phi) is 5.08. The maximum atomic E-state index is 12.0. The van der Waals surface area contributed by atoms with E-state index in [1.54, 1.807) is 17.0 Å². The van der Waals surface area contributed by atoms with Crippen LogP contribution in [0.15, 0.2) is 55.4 Å². The van der Waals surface area contributed by atoms with Gasteiger partial charge in [0.15, 0.2) is 6.10 Å². The van der Waals surface area contributed by atoms with Crippen molar-refractivity contribution in [1.29, 1.82) is 0 Å². The number of nitrogens with one attached hydrogen (secondary N) is 1. The number of hydrogen-bond donors (Lipinski definition) is 1. The fourth-order valence-electron chi connectivity index (χ4n) is 1.75. The minimum atomic E-state index is -0.882. The third kappa shape index (κ3) is 3.82. The summed E-state index contributed by atoms with van der Waals surface area (Å²) in [6.45, 7) is 5.34. The Balaban J connectivity index is 2.00. The van der Waals surface area contributed by atoms with Crippen LogP contribution in [-0.4, -0.2) is 34.3 Å². The highest BCUT2D eigenvalue weighted by Gasteiger charge is 2.19. The maximum Gasteiger partial charge on any atom is 0.342 e. The Labute approximate surface area is 128 Å². The third-order valence-corrected chi connectivity index (χ3v) is 2.91. The van der Waals surface area contributed by atoms with Gasteiger partial charge in [-0.3, -0.25) is 4.79 Å². The van der Waals surface area contributed by atoms with Crippen LogP contribution >= 0.6 is 0 Å². The highest BCUT2D eigenvalue weighted by molar-refractivity contribution is 5.91. The first-order valence-electron chi connectivity index (χ1n) is 6.81. The number of ether oxygens (including phenoxy) is 1. The van der Waals surface area contributed by atoms with Gasteiger partial charge in [0.25, 0.3) is 5.91 Å². The monoisotopic (exact) mass is 299 g/mol. The van der Waals surface area contributed by atoms with Gasteiger partial charge in [-0.05, 0) is 19.1 Å². The third-order valence-electron chi connectivity index (χ3n) is 2.91. The lowest BCUT2D eigenvalue weighted by molar-refractivity contribution is -0.128. The Morgan fingerprint density at radius 1 is 1.41 bits per heavy atom. The van der Waals surface area contributed by atoms with E-state index in [0.717, 1.165) is 5.69 Å². The number of esters is 1. The van der Waals surface area contributed by atoms with Gasteiger partial charge in [-0.2, -0.15) is 5.10 Å². The van der Waals surface area contributed by atoms with Crippen molar-refractivity contribution in [3.63, 3.8) is 0 Å². The topological polar surface area (TPSA) is 73.2 Å². The van der Waals surface area contributed by atoms with Crippen molar-refractivity contribution >= 4 is 11.9 Å². The molecule has 6 heteroatoms. The van der Waals surface area contributed by atoms with Crippen LogP contribution in [0.1, 0.15) is 17.3 Å². The summed E-state index contributed by atoms with van der Waals surface area (Å²) in [6, 6.07) is 9.38. The molecule has 0 aliphatic rings. The molecule has 0 fully saturated rings. The van der Waals surface area contributed by atoms with E-state index in [4.69, 9.17) is 4.74 Å². The molecule has 1 atom stereocenters. The number of nitrogens with zero attached hydrogens (tertiary/aromatic N) is 2. The SMILES string of the molecule is C=CCNC(=O)C(C)OC(=O)c1cnn(-c2ccccc2)c1. The zero-order valence-electron chi connectivity index (χ0n) is 12.2. The summed E-state index contributed by atoms with van der Waals surface area (Å²) in [5, 5.41) is 6.68. The molecule has 6 nitrogen and oxygen atoms in total. The van der Waals surface area contributed by atoms with Crippen molar-refractivity contribution < 1.29 is 14.3 Å². The molecule has 1 aromatic carbocycles. The van der Waals surface area contributed by atoms with Crippen LogP contribution in [-0.2, 0) is 9.53 Å². The number of carbonyl (C=O) groups excluding carboxylic acids is 2. The lowest BCUT2D eigenvalue weighted by Crippen LogP contribution is -2.35. The first-order valence-corrected chi connectivity index (χ1v) is 6.81. The van der Waals surface area contributed by atoms with Crippen molar-refractivity contribution in [2.24, 2.45) is 0 Å². The lowest BCUT2D eigenvalue weighted by Gasteiger charge is -2.11. The van der Waals surface area contributed by atoms with Gasteiger partial charge in [0.2, 0.25) is 0 Å². The smallest absolute Gasteiger partial charge is 0.342 e. The number of carbonyl (C=O) groups is 2. The molecule has 0 radical (unpaired) electrons. The fourth-order valence-corrected chi connectivity index (χ4v) is 1.75. The molecule has 0 bridgehead atoms. The molecule has 0 saturated carbocycles. The number of aromatic nitrogens is 2. The zero-order valence-corrected chi connectivity index (χ0v) is 12.2. The molecule has 1 aromatic heterocycles. The second-order valence-corrected chi connectivity index (χ2v) is 4.59. The van der Waals surface area contributed by atoms with Crippen LogP contribution in [0.4, 0.5) is 0 Å². The standard InChI is InChI=1S/C16H17N3O3/c1-3-9-17-15(20)12(2)22-16(21)13-10-18-19(11-13)14-7-5-4-6-8-14/h3-8,10-12H,1,9H2,2H3,(H,17,20). The van der Waals surface area contributed by atoms with Crippen LogP contribution in [0.5, 0.6) is 0 Å². The Hall–Kier alpha value is -2.89. The molecule has 22 heavy (non-hydrogen) atoms. The molecule has 2 aromatic rings. The van der Waals surface area contributed by atoms with Crippen molar-refractivity contribution in [1.82, 2.24) is 15.1 Å². The average molecular weight is 299 g/mol. The molecule has 114 valence electrons. The van der Waals surface area contributed by atoms with Gasteiger partial charge in [0, 0.05) is 12.7 Å². The van der Waals surface area contributed by atoms with E-state index in [2.05, 4.69) is 17.0 Å². The molecule has 0 aliphatic heterocycles. The number of benzene rings is 1. The van der Waals surface area contributed by atoms with E-state index in [0.29, 0.717) is 6.54 Å². The Morgan fingerprint density at radius 2 is 2.14 bits per heavy atom. The molecular weight excluding hydrogens is 282 g/mol. The first kappa shape index (κ1) is 15.5. The van der Waals surface area contributed by atoms with Crippen LogP contribution < -0.4 is 5.32 Å². The summed E-state index contributed by atoms with van der Waals surface area (Å²) in [6.07, 6.45) is 3.64. The van der Waals surface area contributed by atoms with Crippen molar-refractivity contribution in [3.8, 4) is 5.69 Å². The maximum absolute atomic E-state index is 12.0. The molecular formula is C16H17N3O3. The predicted molar refractivity (Wildman–Crippen MR) is 81.6 cm³/mol. The number of amides is 1. The Bertz CT molecular complexity index is 664. The van der Waals surface area contributed by atoms with Gasteiger partial charge < -0.3 is 10.1 Å². The summed E-state index contributed by atoms with van der Waals surface area (Å²) in [7, 11) is 0. The van der Waals surface area contributed by atoms with E-state index in [-0.39, 0.29) is 11.5 Å². The summed E-state index contributed by atoms with van der Waals surface area (Å²) in [4.78, 5) is 23.6. The van der Waals surface area contributed by atoms with E-state index >= 15 is 0 Å². The molecule has 2 rings (SSSR count). The normalized spacial score (nSPS) is 11.5. The molecule has 1 heterocycles. The van der Waals surface area contributed by atoms with E-state index < -0.39 is 12.1 Å².